The van der Waals surface area contributed by atoms with Crippen LogP contribution in [-0.4, -0.2) is 0 Å². The molecule has 0 saturated carbocycles. The molecular formula is C12H13Cl5O2. The fraction of sp³-hybridized carbons (Fsp3) is 0. The zero-order valence-electron chi connectivity index (χ0n) is 9.48. The van der Waals surface area contributed by atoms with Crippen LogP contribution in [0.4, 0.5) is 0 Å². The van der Waals surface area contributed by atoms with Gasteiger partial charge in [-0.15, -0.1) is 62.0 Å². The van der Waals surface area contributed by atoms with Crippen molar-refractivity contribution in [2.75, 3.05) is 0 Å². The molecule has 2 nitrogen and oxygen atoms in total. The predicted octanol–water partition coefficient (Wildman–Crippen LogP) is 5.69. The molecule has 0 aromatic heterocycles. The van der Waals surface area contributed by atoms with Gasteiger partial charge in [0, 0.05) is 0 Å². The summed E-state index contributed by atoms with van der Waals surface area (Å²) in [5.74, 6) is 3.08. The molecule has 0 fully saturated rings. The van der Waals surface area contributed by atoms with Crippen molar-refractivity contribution >= 4 is 62.0 Å². The molecule has 0 bridgehead atoms. The highest BCUT2D eigenvalue weighted by molar-refractivity contribution is 5.86. The Kier molecular flexibility index (Phi) is 12.8. The Bertz CT molecular complexity index is 406. The summed E-state index contributed by atoms with van der Waals surface area (Å²) in [5, 5.41) is 0. The summed E-state index contributed by atoms with van der Waals surface area (Å²) >= 11 is 0. The minimum atomic E-state index is 0. The second-order valence-electron chi connectivity index (χ2n) is 3.10. The van der Waals surface area contributed by atoms with Crippen LogP contribution in [0.15, 0.2) is 48.5 Å². The van der Waals surface area contributed by atoms with Crippen LogP contribution >= 0.6 is 62.0 Å². The smallest absolute Gasteiger partial charge is 0.170 e. The first-order valence-corrected chi connectivity index (χ1v) is 4.47. The summed E-state index contributed by atoms with van der Waals surface area (Å²) in [5.41, 5.74) is 0. The number of hydrogen-bond donors (Lipinski definition) is 0. The van der Waals surface area contributed by atoms with Crippen molar-refractivity contribution in [1.82, 2.24) is 0 Å². The van der Waals surface area contributed by atoms with Crippen molar-refractivity contribution < 1.29 is 9.47 Å². The fourth-order valence-corrected chi connectivity index (χ4v) is 1.47. The molecule has 2 aromatic carbocycles. The maximum absolute atomic E-state index is 5.65. The highest BCUT2D eigenvalue weighted by Gasteiger charge is 2.16. The van der Waals surface area contributed by atoms with Gasteiger partial charge >= 0.3 is 0 Å². The number of halogens is 5. The third-order valence-corrected chi connectivity index (χ3v) is 2.14. The van der Waals surface area contributed by atoms with Gasteiger partial charge in [0.05, 0.1) is 0 Å². The van der Waals surface area contributed by atoms with E-state index in [1.165, 1.54) is 0 Å². The van der Waals surface area contributed by atoms with Gasteiger partial charge in [-0.2, -0.15) is 0 Å². The Hall–Kier alpha value is -0.510. The van der Waals surface area contributed by atoms with E-state index in [0.717, 1.165) is 23.0 Å². The third kappa shape index (κ3) is 4.83. The molecule has 0 unspecified atom stereocenters. The van der Waals surface area contributed by atoms with E-state index in [1.54, 1.807) is 0 Å². The lowest BCUT2D eigenvalue weighted by Crippen LogP contribution is -1.97. The first kappa shape index (κ1) is 23.6. The Morgan fingerprint density at radius 2 is 0.632 bits per heavy atom. The van der Waals surface area contributed by atoms with Crippen LogP contribution in [0.3, 0.4) is 0 Å². The van der Waals surface area contributed by atoms with E-state index < -0.39 is 0 Å². The first-order valence-electron chi connectivity index (χ1n) is 4.47. The zero-order valence-corrected chi connectivity index (χ0v) is 13.6. The molecule has 0 saturated heterocycles. The molecule has 1 heterocycles. The van der Waals surface area contributed by atoms with Crippen LogP contribution in [0.25, 0.3) is 0 Å². The number of benzene rings is 2. The van der Waals surface area contributed by atoms with Crippen LogP contribution in [-0.2, 0) is 0 Å². The maximum Gasteiger partial charge on any atom is 0.170 e. The lowest BCUT2D eigenvalue weighted by Gasteiger charge is -2.19. The van der Waals surface area contributed by atoms with E-state index in [1.807, 2.05) is 48.5 Å². The van der Waals surface area contributed by atoms with Crippen molar-refractivity contribution in [3.63, 3.8) is 0 Å². The summed E-state index contributed by atoms with van der Waals surface area (Å²) < 4.78 is 11.3. The SMILES string of the molecule is Cl.Cl.Cl.Cl.Cl.c1ccc2c(c1)Oc1ccccc1O2. The van der Waals surface area contributed by atoms with Gasteiger partial charge in [-0.25, -0.2) is 0 Å². The van der Waals surface area contributed by atoms with Crippen LogP contribution in [0.2, 0.25) is 0 Å². The quantitative estimate of drug-likeness (QED) is 0.508. The largest absolute Gasteiger partial charge is 0.450 e. The molecule has 1 aliphatic heterocycles. The van der Waals surface area contributed by atoms with Crippen molar-refractivity contribution in [3.05, 3.63) is 48.5 Å². The van der Waals surface area contributed by atoms with Gasteiger partial charge in [0.1, 0.15) is 0 Å². The average molecular weight is 366 g/mol. The van der Waals surface area contributed by atoms with Crippen molar-refractivity contribution in [2.24, 2.45) is 0 Å². The second-order valence-corrected chi connectivity index (χ2v) is 3.10. The molecule has 0 spiro atoms. The highest BCUT2D eigenvalue weighted by atomic mass is 35.5. The molecule has 7 heteroatoms. The summed E-state index contributed by atoms with van der Waals surface area (Å²) in [4.78, 5) is 0. The summed E-state index contributed by atoms with van der Waals surface area (Å²) in [6.07, 6.45) is 0. The number of ether oxygens (including phenoxy) is 2. The molecular weight excluding hydrogens is 353 g/mol. The molecule has 0 N–H and O–H groups in total. The monoisotopic (exact) mass is 364 g/mol. The summed E-state index contributed by atoms with van der Waals surface area (Å²) in [7, 11) is 0. The van der Waals surface area contributed by atoms with Gasteiger partial charge < -0.3 is 9.47 Å². The standard InChI is InChI=1S/C12H8O2.5ClH/c1-2-6-10-9(5-1)13-11-7-3-4-8-12(11)14-10;;;;;/h1-8H;5*1H. The zero-order chi connectivity index (χ0) is 9.38. The van der Waals surface area contributed by atoms with Crippen LogP contribution in [0.5, 0.6) is 23.0 Å². The highest BCUT2D eigenvalue weighted by Crippen LogP contribution is 2.44. The van der Waals surface area contributed by atoms with Crippen LogP contribution < -0.4 is 9.47 Å². The normalized spacial score (nSPS) is 8.84. The van der Waals surface area contributed by atoms with Crippen LogP contribution in [0.1, 0.15) is 0 Å². The third-order valence-electron chi connectivity index (χ3n) is 2.14. The Labute approximate surface area is 142 Å². The van der Waals surface area contributed by atoms with Gasteiger partial charge in [-0.05, 0) is 24.3 Å². The topological polar surface area (TPSA) is 18.5 Å². The van der Waals surface area contributed by atoms with E-state index in [9.17, 15) is 0 Å². The Morgan fingerprint density at radius 3 is 0.842 bits per heavy atom. The average Bonchev–Trinajstić information content (AvgIpc) is 2.26. The number of para-hydroxylation sites is 4. The summed E-state index contributed by atoms with van der Waals surface area (Å²) in [6, 6.07) is 15.3. The Balaban J connectivity index is -0.000000512. The van der Waals surface area contributed by atoms with E-state index >= 15 is 0 Å². The van der Waals surface area contributed by atoms with E-state index in [4.69, 9.17) is 9.47 Å². The van der Waals surface area contributed by atoms with Gasteiger partial charge in [-0.3, -0.25) is 0 Å². The molecule has 2 aromatic rings. The molecule has 19 heavy (non-hydrogen) atoms. The van der Waals surface area contributed by atoms with Crippen molar-refractivity contribution in [1.29, 1.82) is 0 Å². The fourth-order valence-electron chi connectivity index (χ4n) is 1.47. The molecule has 0 amide bonds. The molecule has 1 aliphatic rings. The number of rotatable bonds is 0. The van der Waals surface area contributed by atoms with Gasteiger partial charge in [0.2, 0.25) is 0 Å². The molecule has 108 valence electrons. The maximum atomic E-state index is 5.65. The molecule has 0 aliphatic carbocycles. The van der Waals surface area contributed by atoms with Crippen molar-refractivity contribution in [2.45, 2.75) is 0 Å². The van der Waals surface area contributed by atoms with Gasteiger partial charge in [0.25, 0.3) is 0 Å². The minimum absolute atomic E-state index is 0. The van der Waals surface area contributed by atoms with Gasteiger partial charge in [-0.1, -0.05) is 24.3 Å². The van der Waals surface area contributed by atoms with E-state index in [2.05, 4.69) is 0 Å². The second kappa shape index (κ2) is 10.3. The predicted molar refractivity (Wildman–Crippen MR) is 89.3 cm³/mol. The minimum Gasteiger partial charge on any atom is -0.450 e. The molecule has 0 atom stereocenters. The van der Waals surface area contributed by atoms with E-state index in [0.29, 0.717) is 0 Å². The number of hydrogen-bond acceptors (Lipinski definition) is 2. The summed E-state index contributed by atoms with van der Waals surface area (Å²) in [6.45, 7) is 0. The first-order chi connectivity index (χ1) is 6.93. The lowest BCUT2D eigenvalue weighted by molar-refractivity contribution is 0.359. The van der Waals surface area contributed by atoms with Crippen LogP contribution in [0, 0.1) is 0 Å². The van der Waals surface area contributed by atoms with E-state index in [-0.39, 0.29) is 62.0 Å². The van der Waals surface area contributed by atoms with Gasteiger partial charge in [0.15, 0.2) is 23.0 Å². The Morgan fingerprint density at radius 1 is 0.421 bits per heavy atom. The number of fused-ring (bicyclic) bond motifs is 2. The molecule has 0 radical (unpaired) electrons. The van der Waals surface area contributed by atoms with Crippen molar-refractivity contribution in [3.8, 4) is 23.0 Å². The molecule has 3 rings (SSSR count). The lowest BCUT2D eigenvalue weighted by atomic mass is 10.2.